The van der Waals surface area contributed by atoms with Crippen LogP contribution in [-0.4, -0.2) is 39.2 Å². The third-order valence-electron chi connectivity index (χ3n) is 9.20. The highest BCUT2D eigenvalue weighted by molar-refractivity contribution is 6.33. The van der Waals surface area contributed by atoms with Crippen LogP contribution in [0.15, 0.2) is 48.8 Å². The number of hydrogen-bond donors (Lipinski definition) is 3. The number of aromatic nitrogens is 3. The second-order valence-electron chi connectivity index (χ2n) is 12.3. The zero-order valence-corrected chi connectivity index (χ0v) is 24.8. The standard InChI is InChI=1S/C32H33ClN6O4/c1-39-16-23(31(41)37-32-13-17-7-18(14-32)9-19(8-17)15-32)30(38-39)36-25-4-3-20(10-24(25)33)43-27-5-6-35-26-12-28(42-2)22(29(34)40)11-21(26)27/h3-6,10-12,16-19H,7-9,13-15H2,1-2H3,(H2,34,40)(H,36,38)(H,37,41). The van der Waals surface area contributed by atoms with Gasteiger partial charge in [0.15, 0.2) is 5.82 Å². The number of nitrogens with one attached hydrogen (secondary N) is 2. The van der Waals surface area contributed by atoms with Gasteiger partial charge in [-0.2, -0.15) is 5.10 Å². The van der Waals surface area contributed by atoms with Gasteiger partial charge in [-0.15, -0.1) is 0 Å². The van der Waals surface area contributed by atoms with Gasteiger partial charge in [0, 0.05) is 42.5 Å². The molecule has 8 rings (SSSR count). The third-order valence-corrected chi connectivity index (χ3v) is 9.51. The van der Waals surface area contributed by atoms with Gasteiger partial charge in [-0.1, -0.05) is 11.6 Å². The average Bonchev–Trinajstić information content (AvgIpc) is 3.33. The fraction of sp³-hybridized carbons (Fsp3) is 0.375. The maximum absolute atomic E-state index is 13.6. The number of hydrogen-bond acceptors (Lipinski definition) is 7. The first-order valence-electron chi connectivity index (χ1n) is 14.6. The van der Waals surface area contributed by atoms with E-state index in [0.717, 1.165) is 37.0 Å². The van der Waals surface area contributed by atoms with E-state index >= 15 is 0 Å². The quantitative estimate of drug-likeness (QED) is 0.227. The van der Waals surface area contributed by atoms with Crippen LogP contribution in [0, 0.1) is 17.8 Å². The highest BCUT2D eigenvalue weighted by Crippen LogP contribution is 2.55. The van der Waals surface area contributed by atoms with Crippen LogP contribution in [0.5, 0.6) is 17.2 Å². The van der Waals surface area contributed by atoms with E-state index in [1.54, 1.807) is 60.5 Å². The van der Waals surface area contributed by atoms with Crippen molar-refractivity contribution < 1.29 is 19.1 Å². The van der Waals surface area contributed by atoms with E-state index in [-0.39, 0.29) is 17.0 Å². The van der Waals surface area contributed by atoms with Crippen molar-refractivity contribution in [2.75, 3.05) is 12.4 Å². The molecular formula is C32H33ClN6O4. The molecule has 11 heteroatoms. The van der Waals surface area contributed by atoms with Gasteiger partial charge in [0.25, 0.3) is 11.8 Å². The van der Waals surface area contributed by atoms with Crippen LogP contribution in [-0.2, 0) is 7.05 Å². The molecule has 0 atom stereocenters. The number of anilines is 2. The van der Waals surface area contributed by atoms with E-state index in [2.05, 4.69) is 20.7 Å². The average molecular weight is 601 g/mol. The molecule has 0 saturated heterocycles. The lowest BCUT2D eigenvalue weighted by atomic mass is 9.53. The number of carbonyl (C=O) groups excluding carboxylic acids is 2. The van der Waals surface area contributed by atoms with Crippen molar-refractivity contribution in [3.8, 4) is 17.2 Å². The molecular weight excluding hydrogens is 568 g/mol. The fourth-order valence-electron chi connectivity index (χ4n) is 7.83. The summed E-state index contributed by atoms with van der Waals surface area (Å²) in [5.41, 5.74) is 7.33. The van der Waals surface area contributed by atoms with Crippen molar-refractivity contribution in [2.45, 2.75) is 44.1 Å². The first-order chi connectivity index (χ1) is 20.7. The molecule has 2 aromatic carbocycles. The number of fused-ring (bicyclic) bond motifs is 1. The van der Waals surface area contributed by atoms with Crippen molar-refractivity contribution in [3.05, 3.63) is 64.9 Å². The van der Waals surface area contributed by atoms with Crippen LogP contribution in [0.2, 0.25) is 5.02 Å². The number of halogens is 1. The summed E-state index contributed by atoms with van der Waals surface area (Å²) in [4.78, 5) is 30.0. The summed E-state index contributed by atoms with van der Waals surface area (Å²) in [7, 11) is 3.26. The Bertz CT molecular complexity index is 1730. The summed E-state index contributed by atoms with van der Waals surface area (Å²) in [5, 5.41) is 12.2. The Morgan fingerprint density at radius 3 is 2.40 bits per heavy atom. The molecule has 10 nitrogen and oxygen atoms in total. The van der Waals surface area contributed by atoms with Crippen molar-refractivity contribution in [1.29, 1.82) is 0 Å². The molecule has 4 bridgehead atoms. The van der Waals surface area contributed by atoms with E-state index in [1.807, 2.05) is 0 Å². The summed E-state index contributed by atoms with van der Waals surface area (Å²) >= 11 is 6.69. The lowest BCUT2D eigenvalue weighted by Crippen LogP contribution is -2.59. The maximum atomic E-state index is 13.6. The molecule has 2 aromatic heterocycles. The first-order valence-corrected chi connectivity index (χ1v) is 14.9. The van der Waals surface area contributed by atoms with E-state index < -0.39 is 5.91 Å². The second-order valence-corrected chi connectivity index (χ2v) is 12.7. The molecule has 4 fully saturated rings. The van der Waals surface area contributed by atoms with Gasteiger partial charge in [-0.05, 0) is 80.5 Å². The molecule has 4 N–H and O–H groups in total. The smallest absolute Gasteiger partial charge is 0.257 e. The number of pyridine rings is 1. The minimum absolute atomic E-state index is 0.101. The number of methoxy groups -OCH3 is 1. The van der Waals surface area contributed by atoms with Gasteiger partial charge in [0.1, 0.15) is 22.8 Å². The van der Waals surface area contributed by atoms with Crippen LogP contribution < -0.4 is 25.8 Å². The monoisotopic (exact) mass is 600 g/mol. The van der Waals surface area contributed by atoms with Gasteiger partial charge < -0.3 is 25.8 Å². The van der Waals surface area contributed by atoms with Crippen molar-refractivity contribution in [3.63, 3.8) is 0 Å². The minimum Gasteiger partial charge on any atom is -0.496 e. The highest BCUT2D eigenvalue weighted by atomic mass is 35.5. The second kappa shape index (κ2) is 10.4. The van der Waals surface area contributed by atoms with Gasteiger partial charge in [-0.3, -0.25) is 19.3 Å². The molecule has 4 aliphatic carbocycles. The van der Waals surface area contributed by atoms with Crippen molar-refractivity contribution >= 4 is 45.8 Å². The Kier molecular flexibility index (Phi) is 6.69. The molecule has 0 radical (unpaired) electrons. The number of ether oxygens (including phenoxy) is 2. The van der Waals surface area contributed by atoms with E-state index in [0.29, 0.717) is 50.2 Å². The third kappa shape index (κ3) is 5.14. The molecule has 222 valence electrons. The zero-order valence-electron chi connectivity index (χ0n) is 24.0. The zero-order chi connectivity index (χ0) is 29.9. The van der Waals surface area contributed by atoms with Gasteiger partial charge in [0.05, 0.1) is 28.9 Å². The van der Waals surface area contributed by atoms with Crippen molar-refractivity contribution in [2.24, 2.45) is 30.5 Å². The van der Waals surface area contributed by atoms with Crippen LogP contribution in [0.3, 0.4) is 0 Å². The number of aryl methyl sites for hydroxylation is 1. The molecule has 0 spiro atoms. The van der Waals surface area contributed by atoms with Crippen molar-refractivity contribution in [1.82, 2.24) is 20.1 Å². The topological polar surface area (TPSA) is 133 Å². The molecule has 4 saturated carbocycles. The van der Waals surface area contributed by atoms with Gasteiger partial charge in [0.2, 0.25) is 0 Å². The Morgan fingerprint density at radius 1 is 1.02 bits per heavy atom. The largest absolute Gasteiger partial charge is 0.496 e. The highest BCUT2D eigenvalue weighted by Gasteiger charge is 2.51. The number of primary amides is 1. The summed E-state index contributed by atoms with van der Waals surface area (Å²) < 4.78 is 13.1. The first kappa shape index (κ1) is 27.5. The predicted molar refractivity (Wildman–Crippen MR) is 163 cm³/mol. The van der Waals surface area contributed by atoms with Gasteiger partial charge in [-0.25, -0.2) is 0 Å². The number of amides is 2. The lowest BCUT2D eigenvalue weighted by molar-refractivity contribution is -0.0166. The van der Waals surface area contributed by atoms with E-state index in [4.69, 9.17) is 26.8 Å². The summed E-state index contributed by atoms with van der Waals surface area (Å²) in [5.74, 6) is 3.19. The number of nitrogens with two attached hydrogens (primary N) is 1. The Hall–Kier alpha value is -4.31. The van der Waals surface area contributed by atoms with Crippen LogP contribution in [0.25, 0.3) is 10.9 Å². The molecule has 2 heterocycles. The summed E-state index contributed by atoms with van der Waals surface area (Å²) in [6.45, 7) is 0. The van der Waals surface area contributed by atoms with Gasteiger partial charge >= 0.3 is 0 Å². The summed E-state index contributed by atoms with van der Waals surface area (Å²) in [6, 6.07) is 10.2. The van der Waals surface area contributed by atoms with Crippen LogP contribution >= 0.6 is 11.6 Å². The Balaban J connectivity index is 1.11. The number of nitrogens with zero attached hydrogens (tertiary/aromatic N) is 3. The minimum atomic E-state index is -0.618. The van der Waals surface area contributed by atoms with Crippen LogP contribution in [0.4, 0.5) is 11.5 Å². The number of carbonyl (C=O) groups is 2. The molecule has 2 amide bonds. The molecule has 0 aliphatic heterocycles. The Morgan fingerprint density at radius 2 is 1.74 bits per heavy atom. The number of rotatable bonds is 8. The maximum Gasteiger partial charge on any atom is 0.257 e. The molecule has 4 aromatic rings. The molecule has 4 aliphatic rings. The molecule has 0 unspecified atom stereocenters. The van der Waals surface area contributed by atoms with Crippen LogP contribution in [0.1, 0.15) is 59.2 Å². The predicted octanol–water partition coefficient (Wildman–Crippen LogP) is 5.96. The Labute approximate surface area is 253 Å². The van der Waals surface area contributed by atoms with E-state index in [1.165, 1.54) is 26.4 Å². The fourth-order valence-corrected chi connectivity index (χ4v) is 8.05. The SMILES string of the molecule is COc1cc2nccc(Oc3ccc(Nc4nn(C)cc4C(=O)NC45CC6CC(CC(C6)C4)C5)c(Cl)c3)c2cc1C(N)=O. The lowest BCUT2D eigenvalue weighted by Gasteiger charge is -2.56. The number of benzene rings is 2. The molecule has 43 heavy (non-hydrogen) atoms. The van der Waals surface area contributed by atoms with E-state index in [9.17, 15) is 9.59 Å². The summed E-state index contributed by atoms with van der Waals surface area (Å²) in [6.07, 6.45) is 10.5. The normalized spacial score (nSPS) is 23.7.